The van der Waals surface area contributed by atoms with Gasteiger partial charge in [0.25, 0.3) is 5.91 Å². The van der Waals surface area contributed by atoms with Gasteiger partial charge in [-0.15, -0.1) is 0 Å². The second-order valence-corrected chi connectivity index (χ2v) is 5.47. The number of carbonyl (C=O) groups is 2. The van der Waals surface area contributed by atoms with Crippen molar-refractivity contribution in [2.24, 2.45) is 5.73 Å². The Bertz CT molecular complexity index is 526. The third-order valence-electron chi connectivity index (χ3n) is 3.76. The van der Waals surface area contributed by atoms with E-state index in [4.69, 9.17) is 5.73 Å². The number of benzene rings is 1. The highest BCUT2D eigenvalue weighted by Gasteiger charge is 2.40. The van der Waals surface area contributed by atoms with Crippen LogP contribution < -0.4 is 11.1 Å². The number of amides is 2. The first-order valence-electron chi connectivity index (χ1n) is 6.86. The molecule has 0 radical (unpaired) electrons. The summed E-state index contributed by atoms with van der Waals surface area (Å²) in [5.41, 5.74) is 6.34. The van der Waals surface area contributed by atoms with Crippen LogP contribution in [0.3, 0.4) is 0 Å². The second kappa shape index (κ2) is 5.63. The van der Waals surface area contributed by atoms with E-state index in [9.17, 15) is 9.59 Å². The summed E-state index contributed by atoms with van der Waals surface area (Å²) in [5, 5.41) is 2.80. The predicted molar refractivity (Wildman–Crippen MR) is 77.3 cm³/mol. The first kappa shape index (κ1) is 14.5. The second-order valence-electron chi connectivity index (χ2n) is 5.47. The van der Waals surface area contributed by atoms with Gasteiger partial charge in [-0.1, -0.05) is 18.2 Å². The molecule has 1 fully saturated rings. The predicted octanol–water partition coefficient (Wildman–Crippen LogP) is 0.538. The number of hydrogen-bond donors (Lipinski definition) is 2. The number of nitrogens with zero attached hydrogens (tertiary/aromatic N) is 1. The van der Waals surface area contributed by atoms with E-state index in [0.717, 1.165) is 5.56 Å². The molecule has 108 valence electrons. The molecule has 20 heavy (non-hydrogen) atoms. The standard InChI is InChI=1S/C15H21N3O2/c1-15(2)14(20)17-9-10-18(15)13(19)12-6-4-3-5-11(12)7-8-16/h3-6H,7-10,16H2,1-2H3,(H,17,20). The zero-order valence-corrected chi connectivity index (χ0v) is 12.0. The molecule has 1 aliphatic heterocycles. The van der Waals surface area contributed by atoms with Gasteiger partial charge in [0, 0.05) is 18.7 Å². The van der Waals surface area contributed by atoms with Crippen LogP contribution in [0, 0.1) is 0 Å². The van der Waals surface area contributed by atoms with Crippen molar-refractivity contribution in [1.29, 1.82) is 0 Å². The lowest BCUT2D eigenvalue weighted by molar-refractivity contribution is -0.133. The molecule has 0 saturated carbocycles. The van der Waals surface area contributed by atoms with Crippen LogP contribution in [0.2, 0.25) is 0 Å². The van der Waals surface area contributed by atoms with Crippen LogP contribution in [0.15, 0.2) is 24.3 Å². The maximum absolute atomic E-state index is 12.8. The van der Waals surface area contributed by atoms with Gasteiger partial charge in [-0.25, -0.2) is 0 Å². The van der Waals surface area contributed by atoms with Gasteiger partial charge < -0.3 is 16.0 Å². The molecule has 3 N–H and O–H groups in total. The molecule has 0 atom stereocenters. The van der Waals surface area contributed by atoms with E-state index in [1.807, 2.05) is 18.2 Å². The Labute approximate surface area is 119 Å². The van der Waals surface area contributed by atoms with E-state index in [-0.39, 0.29) is 11.8 Å². The SMILES string of the molecule is CC1(C)C(=O)NCCN1C(=O)c1ccccc1CCN. The van der Waals surface area contributed by atoms with Crippen molar-refractivity contribution < 1.29 is 9.59 Å². The number of nitrogens with one attached hydrogen (secondary N) is 1. The average Bonchev–Trinajstić information content (AvgIpc) is 2.42. The van der Waals surface area contributed by atoms with E-state index in [1.165, 1.54) is 0 Å². The minimum atomic E-state index is -0.828. The first-order valence-corrected chi connectivity index (χ1v) is 6.86. The minimum Gasteiger partial charge on any atom is -0.352 e. The summed E-state index contributed by atoms with van der Waals surface area (Å²) in [7, 11) is 0. The Hall–Kier alpha value is -1.88. The van der Waals surface area contributed by atoms with Crippen LogP contribution >= 0.6 is 0 Å². The summed E-state index contributed by atoms with van der Waals surface area (Å²) in [6.45, 7) is 5.05. The zero-order chi connectivity index (χ0) is 14.8. The summed E-state index contributed by atoms with van der Waals surface area (Å²) in [5.74, 6) is -0.220. The lowest BCUT2D eigenvalue weighted by atomic mass is 9.95. The zero-order valence-electron chi connectivity index (χ0n) is 12.0. The van der Waals surface area contributed by atoms with Crippen molar-refractivity contribution in [1.82, 2.24) is 10.2 Å². The number of piperazine rings is 1. The molecule has 1 heterocycles. The van der Waals surface area contributed by atoms with Gasteiger partial charge in [0.2, 0.25) is 5.91 Å². The topological polar surface area (TPSA) is 75.4 Å². The average molecular weight is 275 g/mol. The normalized spacial score (nSPS) is 17.8. The van der Waals surface area contributed by atoms with Crippen molar-refractivity contribution >= 4 is 11.8 Å². The van der Waals surface area contributed by atoms with E-state index in [0.29, 0.717) is 31.6 Å². The number of hydrogen-bond acceptors (Lipinski definition) is 3. The monoisotopic (exact) mass is 275 g/mol. The first-order chi connectivity index (χ1) is 9.48. The maximum Gasteiger partial charge on any atom is 0.255 e. The Morgan fingerprint density at radius 1 is 1.40 bits per heavy atom. The van der Waals surface area contributed by atoms with Gasteiger partial charge in [0.1, 0.15) is 5.54 Å². The molecule has 5 nitrogen and oxygen atoms in total. The molecule has 5 heteroatoms. The van der Waals surface area contributed by atoms with Crippen LogP contribution in [0.1, 0.15) is 29.8 Å². The van der Waals surface area contributed by atoms with Gasteiger partial charge in [-0.05, 0) is 38.4 Å². The van der Waals surface area contributed by atoms with Crippen LogP contribution in [0.4, 0.5) is 0 Å². The van der Waals surface area contributed by atoms with Crippen molar-refractivity contribution in [3.8, 4) is 0 Å². The highest BCUT2D eigenvalue weighted by molar-refractivity contribution is 6.00. The van der Waals surface area contributed by atoms with Crippen molar-refractivity contribution in [2.75, 3.05) is 19.6 Å². The molecule has 1 aromatic rings. The Morgan fingerprint density at radius 2 is 2.10 bits per heavy atom. The summed E-state index contributed by atoms with van der Waals surface area (Å²) < 4.78 is 0. The molecule has 0 unspecified atom stereocenters. The Kier molecular flexibility index (Phi) is 4.09. The third kappa shape index (κ3) is 2.54. The van der Waals surface area contributed by atoms with Crippen LogP contribution in [-0.4, -0.2) is 41.9 Å². The van der Waals surface area contributed by atoms with Crippen LogP contribution in [0.25, 0.3) is 0 Å². The summed E-state index contributed by atoms with van der Waals surface area (Å²) in [6, 6.07) is 7.45. The van der Waals surface area contributed by atoms with Crippen molar-refractivity contribution in [2.45, 2.75) is 25.8 Å². The Balaban J connectivity index is 2.33. The Morgan fingerprint density at radius 3 is 2.80 bits per heavy atom. The molecular weight excluding hydrogens is 254 g/mol. The van der Waals surface area contributed by atoms with E-state index >= 15 is 0 Å². The fraction of sp³-hybridized carbons (Fsp3) is 0.467. The highest BCUT2D eigenvalue weighted by Crippen LogP contribution is 2.22. The third-order valence-corrected chi connectivity index (χ3v) is 3.76. The quantitative estimate of drug-likeness (QED) is 0.845. The molecule has 0 spiro atoms. The van der Waals surface area contributed by atoms with E-state index in [1.54, 1.807) is 24.8 Å². The molecule has 2 amide bonds. The highest BCUT2D eigenvalue weighted by atomic mass is 16.2. The molecule has 0 aromatic heterocycles. The molecule has 0 bridgehead atoms. The minimum absolute atomic E-state index is 0.103. The molecule has 2 rings (SSSR count). The fourth-order valence-corrected chi connectivity index (χ4v) is 2.50. The molecule has 1 aliphatic rings. The molecule has 1 saturated heterocycles. The maximum atomic E-state index is 12.8. The molecule has 1 aromatic carbocycles. The van der Waals surface area contributed by atoms with Gasteiger partial charge in [0.15, 0.2) is 0 Å². The lowest BCUT2D eigenvalue weighted by Gasteiger charge is -2.41. The molecule has 0 aliphatic carbocycles. The summed E-state index contributed by atoms with van der Waals surface area (Å²) in [4.78, 5) is 26.3. The van der Waals surface area contributed by atoms with Gasteiger partial charge in [-0.2, -0.15) is 0 Å². The summed E-state index contributed by atoms with van der Waals surface area (Å²) >= 11 is 0. The lowest BCUT2D eigenvalue weighted by Crippen LogP contribution is -2.63. The van der Waals surface area contributed by atoms with Crippen molar-refractivity contribution in [3.63, 3.8) is 0 Å². The van der Waals surface area contributed by atoms with Gasteiger partial charge >= 0.3 is 0 Å². The number of rotatable bonds is 3. The smallest absolute Gasteiger partial charge is 0.255 e. The largest absolute Gasteiger partial charge is 0.352 e. The van der Waals surface area contributed by atoms with Gasteiger partial charge in [0.05, 0.1) is 0 Å². The van der Waals surface area contributed by atoms with Crippen LogP contribution in [0.5, 0.6) is 0 Å². The molecular formula is C15H21N3O2. The van der Waals surface area contributed by atoms with Gasteiger partial charge in [-0.3, -0.25) is 9.59 Å². The fourth-order valence-electron chi connectivity index (χ4n) is 2.50. The summed E-state index contributed by atoms with van der Waals surface area (Å²) in [6.07, 6.45) is 0.655. The number of carbonyl (C=O) groups excluding carboxylic acids is 2. The van der Waals surface area contributed by atoms with Crippen LogP contribution in [-0.2, 0) is 11.2 Å². The van der Waals surface area contributed by atoms with Crippen molar-refractivity contribution in [3.05, 3.63) is 35.4 Å². The van der Waals surface area contributed by atoms with E-state index < -0.39 is 5.54 Å². The van der Waals surface area contributed by atoms with E-state index in [2.05, 4.69) is 5.32 Å². The number of nitrogens with two attached hydrogens (primary N) is 1.